The van der Waals surface area contributed by atoms with E-state index in [-0.39, 0.29) is 6.61 Å². The van der Waals surface area contributed by atoms with Gasteiger partial charge in [0.05, 0.1) is 5.69 Å². The molecule has 0 amide bonds. The number of nitrogens with zero attached hydrogens (tertiary/aromatic N) is 2. The molecule has 0 radical (unpaired) electrons. The summed E-state index contributed by atoms with van der Waals surface area (Å²) in [6.07, 6.45) is 0. The summed E-state index contributed by atoms with van der Waals surface area (Å²) in [4.78, 5) is 0. The summed E-state index contributed by atoms with van der Waals surface area (Å²) in [6, 6.07) is 6.07. The summed E-state index contributed by atoms with van der Waals surface area (Å²) < 4.78 is 2.25. The van der Waals surface area contributed by atoms with Crippen molar-refractivity contribution in [2.24, 2.45) is 0 Å². The molecule has 1 aromatic carbocycles. The van der Waals surface area contributed by atoms with Crippen LogP contribution in [0.15, 0.2) is 18.2 Å². The van der Waals surface area contributed by atoms with Gasteiger partial charge in [-0.3, -0.25) is 9.67 Å². The number of aliphatic hydroxyl groups excluding tert-OH is 1. The molecular formula is C11H13N3OS. The zero-order chi connectivity index (χ0) is 11.7. The third-order valence-corrected chi connectivity index (χ3v) is 2.75. The van der Waals surface area contributed by atoms with E-state index in [1.54, 1.807) is 4.57 Å². The number of aliphatic hydroxyl groups is 1. The van der Waals surface area contributed by atoms with Crippen LogP contribution in [0.4, 0.5) is 0 Å². The Balaban J connectivity index is 2.67. The lowest BCUT2D eigenvalue weighted by Crippen LogP contribution is -2.03. The van der Waals surface area contributed by atoms with Crippen molar-refractivity contribution < 1.29 is 5.11 Å². The molecule has 1 heterocycles. The van der Waals surface area contributed by atoms with Crippen LogP contribution >= 0.6 is 12.2 Å². The first-order chi connectivity index (χ1) is 7.63. The first kappa shape index (κ1) is 11.0. The van der Waals surface area contributed by atoms with Crippen LogP contribution in [0.3, 0.4) is 0 Å². The number of hydrogen-bond donors (Lipinski definition) is 2. The van der Waals surface area contributed by atoms with Gasteiger partial charge in [0.2, 0.25) is 0 Å². The summed E-state index contributed by atoms with van der Waals surface area (Å²) in [5.74, 6) is 0.525. The van der Waals surface area contributed by atoms with Crippen LogP contribution in [0, 0.1) is 18.6 Å². The molecule has 1 aromatic heterocycles. The van der Waals surface area contributed by atoms with E-state index < -0.39 is 0 Å². The number of aryl methyl sites for hydroxylation is 2. The number of H-pyrrole nitrogens is 1. The van der Waals surface area contributed by atoms with Crippen molar-refractivity contribution in [2.45, 2.75) is 20.5 Å². The highest BCUT2D eigenvalue weighted by molar-refractivity contribution is 7.71. The maximum atomic E-state index is 9.19. The molecule has 0 saturated carbocycles. The SMILES string of the molecule is Cc1ccc(-n2c(CO)n[nH]c2=S)c(C)c1. The topological polar surface area (TPSA) is 53.8 Å². The van der Waals surface area contributed by atoms with Gasteiger partial charge in [0, 0.05) is 0 Å². The van der Waals surface area contributed by atoms with Crippen LogP contribution in [0.2, 0.25) is 0 Å². The van der Waals surface area contributed by atoms with E-state index in [0.717, 1.165) is 11.3 Å². The smallest absolute Gasteiger partial charge is 0.199 e. The van der Waals surface area contributed by atoms with Crippen LogP contribution in [-0.4, -0.2) is 19.9 Å². The lowest BCUT2D eigenvalue weighted by Gasteiger charge is -2.09. The first-order valence-electron chi connectivity index (χ1n) is 4.98. The van der Waals surface area contributed by atoms with E-state index in [4.69, 9.17) is 12.2 Å². The normalized spacial score (nSPS) is 10.7. The van der Waals surface area contributed by atoms with Crippen molar-refractivity contribution in [3.63, 3.8) is 0 Å². The highest BCUT2D eigenvalue weighted by Crippen LogP contribution is 2.17. The van der Waals surface area contributed by atoms with E-state index >= 15 is 0 Å². The number of aromatic amines is 1. The molecule has 4 nitrogen and oxygen atoms in total. The lowest BCUT2D eigenvalue weighted by atomic mass is 10.1. The Kier molecular flexibility index (Phi) is 2.89. The Morgan fingerprint density at radius 3 is 2.81 bits per heavy atom. The minimum Gasteiger partial charge on any atom is -0.388 e. The Hall–Kier alpha value is -1.46. The molecule has 0 spiro atoms. The molecule has 0 aliphatic heterocycles. The van der Waals surface area contributed by atoms with Crippen LogP contribution in [0.1, 0.15) is 17.0 Å². The summed E-state index contributed by atoms with van der Waals surface area (Å²) >= 11 is 5.15. The minimum atomic E-state index is -0.138. The highest BCUT2D eigenvalue weighted by Gasteiger charge is 2.09. The van der Waals surface area contributed by atoms with Gasteiger partial charge >= 0.3 is 0 Å². The van der Waals surface area contributed by atoms with Gasteiger partial charge in [-0.25, -0.2) is 0 Å². The first-order valence-corrected chi connectivity index (χ1v) is 5.39. The number of rotatable bonds is 2. The lowest BCUT2D eigenvalue weighted by molar-refractivity contribution is 0.268. The predicted molar refractivity (Wildman–Crippen MR) is 64.1 cm³/mol. The Morgan fingerprint density at radius 1 is 1.44 bits per heavy atom. The number of aromatic nitrogens is 3. The van der Waals surface area contributed by atoms with Crippen LogP contribution in [0.25, 0.3) is 5.69 Å². The van der Waals surface area contributed by atoms with Gasteiger partial charge in [-0.1, -0.05) is 17.7 Å². The van der Waals surface area contributed by atoms with Gasteiger partial charge < -0.3 is 5.11 Å². The second-order valence-electron chi connectivity index (χ2n) is 3.73. The van der Waals surface area contributed by atoms with E-state index in [0.29, 0.717) is 10.6 Å². The number of nitrogens with one attached hydrogen (secondary N) is 1. The molecule has 0 aliphatic carbocycles. The molecule has 16 heavy (non-hydrogen) atoms. The van der Waals surface area contributed by atoms with Gasteiger partial charge in [-0.2, -0.15) is 5.10 Å². The summed E-state index contributed by atoms with van der Waals surface area (Å²) in [6.45, 7) is 3.91. The standard InChI is InChI=1S/C11H13N3OS/c1-7-3-4-9(8(2)5-7)14-10(6-15)12-13-11(14)16/h3-5,15H,6H2,1-2H3,(H,13,16). The van der Waals surface area contributed by atoms with E-state index in [1.165, 1.54) is 5.56 Å². The van der Waals surface area contributed by atoms with Crippen molar-refractivity contribution >= 4 is 12.2 Å². The molecule has 84 valence electrons. The minimum absolute atomic E-state index is 0.138. The second kappa shape index (κ2) is 4.19. The fraction of sp³-hybridized carbons (Fsp3) is 0.273. The van der Waals surface area contributed by atoms with Gasteiger partial charge in [0.1, 0.15) is 6.61 Å². The largest absolute Gasteiger partial charge is 0.388 e. The number of benzene rings is 1. The fourth-order valence-corrected chi connectivity index (χ4v) is 1.99. The Bertz CT molecular complexity index is 571. The monoisotopic (exact) mass is 235 g/mol. The third-order valence-electron chi connectivity index (χ3n) is 2.48. The molecule has 5 heteroatoms. The van der Waals surface area contributed by atoms with Crippen molar-refractivity contribution in [1.29, 1.82) is 0 Å². The van der Waals surface area contributed by atoms with Crippen LogP contribution in [-0.2, 0) is 6.61 Å². The van der Waals surface area contributed by atoms with Crippen LogP contribution < -0.4 is 0 Å². The summed E-state index contributed by atoms with van der Waals surface area (Å²) in [7, 11) is 0. The molecule has 0 fully saturated rings. The molecule has 0 bridgehead atoms. The second-order valence-corrected chi connectivity index (χ2v) is 4.12. The zero-order valence-electron chi connectivity index (χ0n) is 9.19. The molecular weight excluding hydrogens is 222 g/mol. The summed E-state index contributed by atoms with van der Waals surface area (Å²) in [5, 5.41) is 15.8. The Labute approximate surface area is 98.6 Å². The van der Waals surface area contributed by atoms with Crippen LogP contribution in [0.5, 0.6) is 0 Å². The van der Waals surface area contributed by atoms with Gasteiger partial charge in [-0.15, -0.1) is 0 Å². The van der Waals surface area contributed by atoms with Gasteiger partial charge in [0.15, 0.2) is 10.6 Å². The van der Waals surface area contributed by atoms with Gasteiger partial charge in [0.25, 0.3) is 0 Å². The maximum absolute atomic E-state index is 9.19. The van der Waals surface area contributed by atoms with E-state index in [9.17, 15) is 5.11 Å². The average Bonchev–Trinajstić information content (AvgIpc) is 2.60. The van der Waals surface area contributed by atoms with Crippen molar-refractivity contribution in [3.8, 4) is 5.69 Å². The Morgan fingerprint density at radius 2 is 2.19 bits per heavy atom. The fourth-order valence-electron chi connectivity index (χ4n) is 1.74. The maximum Gasteiger partial charge on any atom is 0.199 e. The van der Waals surface area contributed by atoms with Gasteiger partial charge in [-0.05, 0) is 37.7 Å². The predicted octanol–water partition coefficient (Wildman–Crippen LogP) is 2.04. The quantitative estimate of drug-likeness (QED) is 0.783. The molecule has 0 aliphatic rings. The molecule has 0 saturated heterocycles. The van der Waals surface area contributed by atoms with E-state index in [1.807, 2.05) is 26.0 Å². The number of hydrogen-bond acceptors (Lipinski definition) is 3. The summed E-state index contributed by atoms with van der Waals surface area (Å²) in [5.41, 5.74) is 3.25. The molecule has 2 aromatic rings. The molecule has 2 N–H and O–H groups in total. The molecule has 0 unspecified atom stereocenters. The highest BCUT2D eigenvalue weighted by atomic mass is 32.1. The van der Waals surface area contributed by atoms with Crippen molar-refractivity contribution in [3.05, 3.63) is 39.9 Å². The molecule has 2 rings (SSSR count). The third kappa shape index (κ3) is 1.79. The zero-order valence-corrected chi connectivity index (χ0v) is 10.0. The average molecular weight is 235 g/mol. The van der Waals surface area contributed by atoms with Crippen molar-refractivity contribution in [1.82, 2.24) is 14.8 Å². The van der Waals surface area contributed by atoms with Crippen molar-refractivity contribution in [2.75, 3.05) is 0 Å². The van der Waals surface area contributed by atoms with E-state index in [2.05, 4.69) is 16.3 Å². The molecule has 0 atom stereocenters.